The number of nitrogens with zero attached hydrogens (tertiary/aromatic N) is 1. The van der Waals surface area contributed by atoms with Crippen molar-refractivity contribution in [2.24, 2.45) is 0 Å². The van der Waals surface area contributed by atoms with E-state index in [1.54, 1.807) is 12.1 Å². The number of morpholine rings is 1. The van der Waals surface area contributed by atoms with Crippen molar-refractivity contribution in [3.05, 3.63) is 23.1 Å². The van der Waals surface area contributed by atoms with Gasteiger partial charge in [-0.25, -0.2) is 0 Å². The van der Waals surface area contributed by atoms with Crippen LogP contribution in [0.5, 0.6) is 0 Å². The van der Waals surface area contributed by atoms with Crippen molar-refractivity contribution in [3.8, 4) is 0 Å². The summed E-state index contributed by atoms with van der Waals surface area (Å²) in [5.74, 6) is 2.25. The fraction of sp³-hybridized carbons (Fsp3) is 0.643. The molecular weight excluding hydrogens is 312 g/mol. The van der Waals surface area contributed by atoms with Crippen molar-refractivity contribution in [1.82, 2.24) is 10.2 Å². The van der Waals surface area contributed by atoms with E-state index in [-0.39, 0.29) is 22.4 Å². The first-order chi connectivity index (χ1) is 10.2. The smallest absolute Gasteiger partial charge is 0.287 e. The minimum Gasteiger partial charge on any atom is -0.440 e. The van der Waals surface area contributed by atoms with Crippen LogP contribution in [0, 0.1) is 0 Å². The third-order valence-electron chi connectivity index (χ3n) is 4.14. The summed E-state index contributed by atoms with van der Waals surface area (Å²) in [5, 5.41) is 3.24. The van der Waals surface area contributed by atoms with Gasteiger partial charge in [-0.15, -0.1) is 0 Å². The van der Waals surface area contributed by atoms with Gasteiger partial charge in [0.15, 0.2) is 11.0 Å². The quantitative estimate of drug-likeness (QED) is 0.913. The molecule has 1 N–H and O–H groups in total. The molecule has 3 rings (SSSR count). The second kappa shape index (κ2) is 6.60. The average Bonchev–Trinajstić information content (AvgIpc) is 3.16. The Morgan fingerprint density at radius 3 is 2.86 bits per heavy atom. The zero-order chi connectivity index (χ0) is 14.7. The van der Waals surface area contributed by atoms with Gasteiger partial charge in [0.1, 0.15) is 0 Å². The van der Waals surface area contributed by atoms with Crippen molar-refractivity contribution >= 4 is 29.3 Å². The van der Waals surface area contributed by atoms with Crippen LogP contribution in [0.1, 0.15) is 17.0 Å². The minimum absolute atomic E-state index is 0.0422. The predicted molar refractivity (Wildman–Crippen MR) is 83.1 cm³/mol. The van der Waals surface area contributed by atoms with Gasteiger partial charge in [0.2, 0.25) is 0 Å². The minimum atomic E-state index is -0.202. The third kappa shape index (κ3) is 3.39. The van der Waals surface area contributed by atoms with E-state index in [1.165, 1.54) is 0 Å². The zero-order valence-electron chi connectivity index (χ0n) is 11.8. The fourth-order valence-electron chi connectivity index (χ4n) is 2.90. The van der Waals surface area contributed by atoms with E-state index < -0.39 is 0 Å². The maximum Gasteiger partial charge on any atom is 0.287 e. The summed E-state index contributed by atoms with van der Waals surface area (Å²) in [5.41, 5.74) is 0.0422. The van der Waals surface area contributed by atoms with Crippen LogP contribution in [0.3, 0.4) is 0 Å². The van der Waals surface area contributed by atoms with E-state index in [0.29, 0.717) is 6.54 Å². The molecule has 21 heavy (non-hydrogen) atoms. The highest BCUT2D eigenvalue weighted by molar-refractivity contribution is 7.99. The monoisotopic (exact) mass is 330 g/mol. The average molecular weight is 331 g/mol. The normalized spacial score (nSPS) is 26.9. The summed E-state index contributed by atoms with van der Waals surface area (Å²) in [6.07, 6.45) is 1.09. The number of furan rings is 1. The van der Waals surface area contributed by atoms with E-state index >= 15 is 0 Å². The second-order valence-electron chi connectivity index (χ2n) is 5.41. The van der Waals surface area contributed by atoms with E-state index in [1.807, 2.05) is 11.8 Å². The van der Waals surface area contributed by atoms with E-state index in [0.717, 1.165) is 44.2 Å². The van der Waals surface area contributed by atoms with Crippen LogP contribution >= 0.6 is 23.4 Å². The number of carbonyl (C=O) groups excluding carboxylic acids is 1. The van der Waals surface area contributed by atoms with Crippen molar-refractivity contribution in [1.29, 1.82) is 0 Å². The SMILES string of the molecule is O=C(NC[C@]1(N2CCOCC2)CCSC1)c1ccc(Cl)o1. The van der Waals surface area contributed by atoms with E-state index in [9.17, 15) is 4.79 Å². The number of amides is 1. The number of hydrogen-bond acceptors (Lipinski definition) is 5. The van der Waals surface area contributed by atoms with Crippen molar-refractivity contribution < 1.29 is 13.9 Å². The number of rotatable bonds is 4. The van der Waals surface area contributed by atoms with Crippen LogP contribution in [-0.4, -0.2) is 60.7 Å². The van der Waals surface area contributed by atoms with Gasteiger partial charge in [-0.1, -0.05) is 0 Å². The van der Waals surface area contributed by atoms with E-state index in [4.69, 9.17) is 20.8 Å². The standard InChI is InChI=1S/C14H19ClN2O3S/c15-12-2-1-11(20-12)13(18)16-9-14(3-8-21-10-14)17-4-6-19-7-5-17/h1-2H,3-10H2,(H,16,18)/t14-/m1/s1. The van der Waals surface area contributed by atoms with Gasteiger partial charge in [0, 0.05) is 30.9 Å². The lowest BCUT2D eigenvalue weighted by molar-refractivity contribution is -0.0129. The first kappa shape index (κ1) is 15.2. The van der Waals surface area contributed by atoms with Crippen LogP contribution in [0.25, 0.3) is 0 Å². The van der Waals surface area contributed by atoms with Gasteiger partial charge < -0.3 is 14.5 Å². The first-order valence-electron chi connectivity index (χ1n) is 7.14. The van der Waals surface area contributed by atoms with Gasteiger partial charge in [0.05, 0.1) is 13.2 Å². The maximum absolute atomic E-state index is 12.1. The number of hydrogen-bond donors (Lipinski definition) is 1. The number of carbonyl (C=O) groups is 1. The molecule has 2 aliphatic heterocycles. The molecule has 2 aliphatic rings. The lowest BCUT2D eigenvalue weighted by Crippen LogP contribution is -2.59. The maximum atomic E-state index is 12.1. The molecule has 2 saturated heterocycles. The molecule has 0 unspecified atom stereocenters. The van der Waals surface area contributed by atoms with Crippen LogP contribution in [0.4, 0.5) is 0 Å². The van der Waals surface area contributed by atoms with Crippen LogP contribution in [0.15, 0.2) is 16.5 Å². The Labute approximate surface area is 133 Å². The molecule has 0 bridgehead atoms. The highest BCUT2D eigenvalue weighted by Gasteiger charge is 2.41. The van der Waals surface area contributed by atoms with Crippen molar-refractivity contribution in [3.63, 3.8) is 0 Å². The summed E-state index contributed by atoms with van der Waals surface area (Å²) in [4.78, 5) is 14.6. The number of nitrogens with one attached hydrogen (secondary N) is 1. The van der Waals surface area contributed by atoms with Gasteiger partial charge in [0.25, 0.3) is 5.91 Å². The second-order valence-corrected chi connectivity index (χ2v) is 6.89. The predicted octanol–water partition coefficient (Wildman–Crippen LogP) is 1.87. The Hall–Kier alpha value is -0.690. The Morgan fingerprint density at radius 1 is 1.43 bits per heavy atom. The highest BCUT2D eigenvalue weighted by atomic mass is 35.5. The largest absolute Gasteiger partial charge is 0.440 e. The molecular formula is C14H19ClN2O3S. The fourth-order valence-corrected chi connectivity index (χ4v) is 4.53. The van der Waals surface area contributed by atoms with Crippen LogP contribution in [0.2, 0.25) is 5.22 Å². The Balaban J connectivity index is 1.64. The van der Waals surface area contributed by atoms with Crippen LogP contribution < -0.4 is 5.32 Å². The topological polar surface area (TPSA) is 54.7 Å². The molecule has 2 fully saturated rings. The molecule has 7 heteroatoms. The number of halogens is 1. The molecule has 1 aromatic heterocycles. The lowest BCUT2D eigenvalue weighted by Gasteiger charge is -2.42. The molecule has 116 valence electrons. The van der Waals surface area contributed by atoms with Crippen LogP contribution in [-0.2, 0) is 4.74 Å². The molecule has 1 atom stereocenters. The summed E-state index contributed by atoms with van der Waals surface area (Å²) >= 11 is 7.66. The number of ether oxygens (including phenoxy) is 1. The Kier molecular flexibility index (Phi) is 4.78. The Morgan fingerprint density at radius 2 is 2.24 bits per heavy atom. The lowest BCUT2D eigenvalue weighted by atomic mass is 9.95. The summed E-state index contributed by atoms with van der Waals surface area (Å²) in [7, 11) is 0. The van der Waals surface area contributed by atoms with Crippen molar-refractivity contribution in [2.75, 3.05) is 44.4 Å². The summed E-state index contributed by atoms with van der Waals surface area (Å²) in [6.45, 7) is 4.05. The summed E-state index contributed by atoms with van der Waals surface area (Å²) < 4.78 is 10.6. The molecule has 5 nitrogen and oxygen atoms in total. The molecule has 0 radical (unpaired) electrons. The molecule has 0 aliphatic carbocycles. The number of thioether (sulfide) groups is 1. The molecule has 0 saturated carbocycles. The molecule has 3 heterocycles. The van der Waals surface area contributed by atoms with Crippen molar-refractivity contribution in [2.45, 2.75) is 12.0 Å². The Bertz CT molecular complexity index is 496. The van der Waals surface area contributed by atoms with E-state index in [2.05, 4.69) is 10.2 Å². The third-order valence-corrected chi connectivity index (χ3v) is 5.58. The van der Waals surface area contributed by atoms with Gasteiger partial charge >= 0.3 is 0 Å². The molecule has 0 spiro atoms. The van der Waals surface area contributed by atoms with Gasteiger partial charge in [-0.3, -0.25) is 9.69 Å². The van der Waals surface area contributed by atoms with Gasteiger partial charge in [-0.2, -0.15) is 11.8 Å². The van der Waals surface area contributed by atoms with Gasteiger partial charge in [-0.05, 0) is 35.9 Å². The molecule has 0 aromatic carbocycles. The molecule has 1 aromatic rings. The first-order valence-corrected chi connectivity index (χ1v) is 8.67. The summed E-state index contributed by atoms with van der Waals surface area (Å²) in [6, 6.07) is 3.18. The zero-order valence-corrected chi connectivity index (χ0v) is 13.3. The molecule has 1 amide bonds. The highest BCUT2D eigenvalue weighted by Crippen LogP contribution is 2.33.